The van der Waals surface area contributed by atoms with Crippen molar-refractivity contribution in [1.29, 1.82) is 0 Å². The Morgan fingerprint density at radius 3 is 2.59 bits per heavy atom. The molecule has 6 nitrogen and oxygen atoms in total. The lowest BCUT2D eigenvalue weighted by molar-refractivity contribution is -0.116. The number of thioether (sulfide) groups is 1. The van der Waals surface area contributed by atoms with Gasteiger partial charge in [0.15, 0.2) is 0 Å². The van der Waals surface area contributed by atoms with Crippen LogP contribution in [0.3, 0.4) is 0 Å². The SMILES string of the molecule is CCc1ccc(NC(=O)[C@@H]2Sc3nnc(C)n3N[C@@H]2c2ccccc2)cc1. The quantitative estimate of drug-likeness (QED) is 0.725. The third-order valence-electron chi connectivity index (χ3n) is 4.65. The number of benzene rings is 2. The van der Waals surface area contributed by atoms with Gasteiger partial charge in [-0.1, -0.05) is 61.2 Å². The topological polar surface area (TPSA) is 71.8 Å². The molecular weight excluding hydrogens is 358 g/mol. The van der Waals surface area contributed by atoms with Crippen LogP contribution in [0.2, 0.25) is 0 Å². The van der Waals surface area contributed by atoms with Gasteiger partial charge in [-0.15, -0.1) is 10.2 Å². The van der Waals surface area contributed by atoms with Crippen LogP contribution in [0.4, 0.5) is 5.69 Å². The van der Waals surface area contributed by atoms with Gasteiger partial charge in [0.25, 0.3) is 0 Å². The average Bonchev–Trinajstić information content (AvgIpc) is 3.08. The first-order valence-electron chi connectivity index (χ1n) is 8.95. The summed E-state index contributed by atoms with van der Waals surface area (Å²) in [7, 11) is 0. The highest BCUT2D eigenvalue weighted by atomic mass is 32.2. The summed E-state index contributed by atoms with van der Waals surface area (Å²) >= 11 is 1.43. The number of rotatable bonds is 4. The first-order valence-corrected chi connectivity index (χ1v) is 9.83. The minimum Gasteiger partial charge on any atom is -0.325 e. The van der Waals surface area contributed by atoms with E-state index in [4.69, 9.17) is 0 Å². The van der Waals surface area contributed by atoms with E-state index in [2.05, 4.69) is 27.9 Å². The summed E-state index contributed by atoms with van der Waals surface area (Å²) in [5, 5.41) is 11.7. The molecule has 0 fully saturated rings. The molecule has 0 saturated carbocycles. The number of carbonyl (C=O) groups is 1. The maximum atomic E-state index is 13.1. The second-order valence-corrected chi connectivity index (χ2v) is 7.57. The van der Waals surface area contributed by atoms with E-state index in [1.54, 1.807) is 0 Å². The van der Waals surface area contributed by atoms with Gasteiger partial charge < -0.3 is 10.7 Å². The third-order valence-corrected chi connectivity index (χ3v) is 5.86. The van der Waals surface area contributed by atoms with Crippen molar-refractivity contribution in [2.24, 2.45) is 0 Å². The number of nitrogens with zero attached hydrogens (tertiary/aromatic N) is 3. The Morgan fingerprint density at radius 1 is 1.15 bits per heavy atom. The number of aryl methyl sites for hydroxylation is 2. The lowest BCUT2D eigenvalue weighted by Gasteiger charge is -2.32. The Morgan fingerprint density at radius 2 is 1.89 bits per heavy atom. The summed E-state index contributed by atoms with van der Waals surface area (Å²) in [4.78, 5) is 13.1. The Kier molecular flexibility index (Phi) is 4.85. The fourth-order valence-electron chi connectivity index (χ4n) is 3.11. The lowest BCUT2D eigenvalue weighted by atomic mass is 10.0. The van der Waals surface area contributed by atoms with E-state index in [1.165, 1.54) is 17.3 Å². The van der Waals surface area contributed by atoms with E-state index < -0.39 is 0 Å². The highest BCUT2D eigenvalue weighted by Crippen LogP contribution is 2.37. The van der Waals surface area contributed by atoms with E-state index in [-0.39, 0.29) is 17.2 Å². The van der Waals surface area contributed by atoms with Crippen LogP contribution in [-0.2, 0) is 11.2 Å². The van der Waals surface area contributed by atoms with Gasteiger partial charge in [-0.3, -0.25) is 4.79 Å². The molecule has 1 amide bonds. The molecule has 1 aliphatic heterocycles. The largest absolute Gasteiger partial charge is 0.325 e. The second kappa shape index (κ2) is 7.44. The monoisotopic (exact) mass is 379 g/mol. The van der Waals surface area contributed by atoms with Crippen LogP contribution in [0, 0.1) is 6.92 Å². The molecule has 1 aliphatic rings. The van der Waals surface area contributed by atoms with Gasteiger partial charge >= 0.3 is 0 Å². The van der Waals surface area contributed by atoms with Crippen molar-refractivity contribution in [3.05, 3.63) is 71.5 Å². The van der Waals surface area contributed by atoms with Gasteiger partial charge in [0.2, 0.25) is 11.1 Å². The minimum atomic E-state index is -0.366. The zero-order chi connectivity index (χ0) is 18.8. The third kappa shape index (κ3) is 3.55. The standard InChI is InChI=1S/C20H21N5OS/c1-3-14-9-11-16(12-10-14)21-19(26)18-17(15-7-5-4-6-8-15)24-25-13(2)22-23-20(25)27-18/h4-12,17-18,24H,3H2,1-2H3,(H,21,26)/t17-,18-/m1/s1. The predicted molar refractivity (Wildman–Crippen MR) is 107 cm³/mol. The smallest absolute Gasteiger partial charge is 0.240 e. The molecule has 2 aromatic carbocycles. The fraction of sp³-hybridized carbons (Fsp3) is 0.250. The van der Waals surface area contributed by atoms with Crippen LogP contribution < -0.4 is 10.7 Å². The first-order chi connectivity index (χ1) is 13.2. The molecule has 138 valence electrons. The number of hydrogen-bond donors (Lipinski definition) is 2. The van der Waals surface area contributed by atoms with E-state index in [9.17, 15) is 4.79 Å². The van der Waals surface area contributed by atoms with Crippen molar-refractivity contribution in [2.75, 3.05) is 10.7 Å². The molecule has 3 aromatic rings. The number of amides is 1. The Bertz CT molecular complexity index is 939. The summed E-state index contributed by atoms with van der Waals surface area (Å²) in [6.45, 7) is 4.00. The van der Waals surface area contributed by atoms with Crippen LogP contribution in [0.5, 0.6) is 0 Å². The number of hydrogen-bond acceptors (Lipinski definition) is 5. The lowest BCUT2D eigenvalue weighted by Crippen LogP contribution is -2.41. The molecule has 2 N–H and O–H groups in total. The molecule has 27 heavy (non-hydrogen) atoms. The zero-order valence-electron chi connectivity index (χ0n) is 15.2. The number of aromatic nitrogens is 3. The van der Waals surface area contributed by atoms with Crippen molar-refractivity contribution in [2.45, 2.75) is 36.7 Å². The predicted octanol–water partition coefficient (Wildman–Crippen LogP) is 3.55. The first kappa shape index (κ1) is 17.6. The number of nitrogens with one attached hydrogen (secondary N) is 2. The Hall–Kier alpha value is -2.80. The van der Waals surface area contributed by atoms with E-state index in [0.29, 0.717) is 5.16 Å². The van der Waals surface area contributed by atoms with Gasteiger partial charge in [-0.2, -0.15) is 0 Å². The highest BCUT2D eigenvalue weighted by molar-refractivity contribution is 8.00. The van der Waals surface area contributed by atoms with Crippen LogP contribution >= 0.6 is 11.8 Å². The maximum absolute atomic E-state index is 13.1. The maximum Gasteiger partial charge on any atom is 0.240 e. The average molecular weight is 379 g/mol. The van der Waals surface area contributed by atoms with Gasteiger partial charge in [-0.25, -0.2) is 4.68 Å². The van der Waals surface area contributed by atoms with Crippen molar-refractivity contribution in [1.82, 2.24) is 14.9 Å². The molecule has 0 saturated heterocycles. The molecule has 7 heteroatoms. The number of anilines is 1. The molecule has 2 heterocycles. The summed E-state index contributed by atoms with van der Waals surface area (Å²) in [6, 6.07) is 17.8. The van der Waals surface area contributed by atoms with Gasteiger partial charge in [-0.05, 0) is 36.6 Å². The van der Waals surface area contributed by atoms with Crippen molar-refractivity contribution >= 4 is 23.4 Å². The second-order valence-electron chi connectivity index (χ2n) is 6.46. The van der Waals surface area contributed by atoms with Crippen LogP contribution in [0.25, 0.3) is 0 Å². The van der Waals surface area contributed by atoms with Crippen molar-refractivity contribution in [3.8, 4) is 0 Å². The van der Waals surface area contributed by atoms with E-state index in [0.717, 1.165) is 23.5 Å². The molecule has 0 radical (unpaired) electrons. The van der Waals surface area contributed by atoms with Gasteiger partial charge in [0, 0.05) is 5.69 Å². The highest BCUT2D eigenvalue weighted by Gasteiger charge is 2.37. The van der Waals surface area contributed by atoms with Gasteiger partial charge in [0.05, 0.1) is 6.04 Å². The van der Waals surface area contributed by atoms with Crippen LogP contribution in [-0.4, -0.2) is 26.0 Å². The summed E-state index contributed by atoms with van der Waals surface area (Å²) in [6.07, 6.45) is 0.974. The molecule has 0 unspecified atom stereocenters. The molecule has 2 atom stereocenters. The Labute approximate surface area is 162 Å². The minimum absolute atomic E-state index is 0.0579. The molecule has 0 aliphatic carbocycles. The number of carbonyl (C=O) groups excluding carboxylic acids is 1. The molecule has 1 aromatic heterocycles. The summed E-state index contributed by atoms with van der Waals surface area (Å²) < 4.78 is 1.85. The van der Waals surface area contributed by atoms with E-state index in [1.807, 2.05) is 66.2 Å². The van der Waals surface area contributed by atoms with Crippen LogP contribution in [0.15, 0.2) is 59.8 Å². The molecule has 4 rings (SSSR count). The zero-order valence-corrected chi connectivity index (χ0v) is 16.0. The fourth-order valence-corrected chi connectivity index (χ4v) is 4.23. The number of fused-ring (bicyclic) bond motifs is 1. The molecular formula is C20H21N5OS. The van der Waals surface area contributed by atoms with Crippen molar-refractivity contribution < 1.29 is 4.79 Å². The molecule has 0 bridgehead atoms. The summed E-state index contributed by atoms with van der Waals surface area (Å²) in [5.74, 6) is 0.713. The molecule has 0 spiro atoms. The van der Waals surface area contributed by atoms with Crippen LogP contribution in [0.1, 0.15) is 29.9 Å². The summed E-state index contributed by atoms with van der Waals surface area (Å²) in [5.41, 5.74) is 6.49. The normalized spacial score (nSPS) is 18.4. The Balaban J connectivity index is 1.62. The van der Waals surface area contributed by atoms with E-state index >= 15 is 0 Å². The van der Waals surface area contributed by atoms with Gasteiger partial charge in [0.1, 0.15) is 11.1 Å². The van der Waals surface area contributed by atoms with Crippen molar-refractivity contribution in [3.63, 3.8) is 0 Å².